The largest absolute Gasteiger partial charge is 0.341 e. The Labute approximate surface area is 101 Å². The lowest BCUT2D eigenvalue weighted by Crippen LogP contribution is -2.32. The first kappa shape index (κ1) is 12.0. The first-order valence-corrected chi connectivity index (χ1v) is 6.09. The van der Waals surface area contributed by atoms with Crippen LogP contribution in [0.1, 0.15) is 25.5 Å². The van der Waals surface area contributed by atoms with Gasteiger partial charge in [0.2, 0.25) is 5.91 Å². The highest BCUT2D eigenvalue weighted by Crippen LogP contribution is 2.19. The number of carbonyl (C=O) groups is 1. The fourth-order valence-electron chi connectivity index (χ4n) is 2.14. The fraction of sp³-hybridized carbons (Fsp3) is 0.727. The number of rotatable bonds is 4. The van der Waals surface area contributed by atoms with Crippen molar-refractivity contribution in [3.05, 3.63) is 11.9 Å². The number of aromatic nitrogens is 3. The molecule has 1 saturated heterocycles. The van der Waals surface area contributed by atoms with Gasteiger partial charge < -0.3 is 10.6 Å². The molecule has 0 radical (unpaired) electrons. The summed E-state index contributed by atoms with van der Waals surface area (Å²) < 4.78 is 1.56. The number of nitrogens with two attached hydrogens (primary N) is 1. The second kappa shape index (κ2) is 5.27. The predicted octanol–water partition coefficient (Wildman–Crippen LogP) is -0.00470. The zero-order valence-corrected chi connectivity index (χ0v) is 10.2. The van der Waals surface area contributed by atoms with Gasteiger partial charge in [-0.3, -0.25) is 4.79 Å². The zero-order valence-electron chi connectivity index (χ0n) is 10.2. The molecule has 1 fully saturated rings. The van der Waals surface area contributed by atoms with Crippen molar-refractivity contribution >= 4 is 5.91 Å². The van der Waals surface area contributed by atoms with Crippen LogP contribution < -0.4 is 5.73 Å². The van der Waals surface area contributed by atoms with Crippen molar-refractivity contribution in [3.63, 3.8) is 0 Å². The molecule has 0 aliphatic carbocycles. The molecule has 94 valence electrons. The van der Waals surface area contributed by atoms with Crippen molar-refractivity contribution in [1.29, 1.82) is 0 Å². The lowest BCUT2D eigenvalue weighted by atomic mass is 10.1. The molecule has 6 heteroatoms. The van der Waals surface area contributed by atoms with Gasteiger partial charge in [0.15, 0.2) is 0 Å². The first-order chi connectivity index (χ1) is 8.22. The summed E-state index contributed by atoms with van der Waals surface area (Å²) in [5.74, 6) is 0.781. The Bertz CT molecular complexity index is 389. The molecular weight excluding hydrogens is 218 g/mol. The van der Waals surface area contributed by atoms with Gasteiger partial charge >= 0.3 is 0 Å². The molecule has 1 amide bonds. The molecule has 1 unspecified atom stereocenters. The van der Waals surface area contributed by atoms with Gasteiger partial charge in [0.05, 0.1) is 11.9 Å². The van der Waals surface area contributed by atoms with Crippen LogP contribution in [0.2, 0.25) is 0 Å². The molecule has 0 saturated carbocycles. The highest BCUT2D eigenvalue weighted by molar-refractivity contribution is 5.76. The second-order valence-electron chi connectivity index (χ2n) is 4.51. The Morgan fingerprint density at radius 3 is 3.06 bits per heavy atom. The Morgan fingerprint density at radius 1 is 1.65 bits per heavy atom. The minimum absolute atomic E-state index is 0.120. The summed E-state index contributed by atoms with van der Waals surface area (Å²) in [7, 11) is 0. The molecule has 1 aromatic rings. The number of hydrogen-bond donors (Lipinski definition) is 1. The number of likely N-dealkylation sites (tertiary alicyclic amines) is 1. The van der Waals surface area contributed by atoms with Crippen molar-refractivity contribution in [2.75, 3.05) is 13.1 Å². The Morgan fingerprint density at radius 2 is 2.47 bits per heavy atom. The van der Waals surface area contributed by atoms with E-state index in [9.17, 15) is 4.79 Å². The fourth-order valence-corrected chi connectivity index (χ4v) is 2.14. The summed E-state index contributed by atoms with van der Waals surface area (Å²) in [5.41, 5.74) is 6.15. The van der Waals surface area contributed by atoms with Crippen LogP contribution in [0.25, 0.3) is 0 Å². The molecule has 2 N–H and O–H groups in total. The standard InChI is InChI=1S/C11H19N5O/c1-2-9-3-4-15(6-9)11(17)8-16-7-10(5-12)13-14-16/h7,9H,2-6,8,12H2,1H3. The summed E-state index contributed by atoms with van der Waals surface area (Å²) >= 11 is 0. The van der Waals surface area contributed by atoms with E-state index in [1.807, 2.05) is 4.90 Å². The molecule has 2 heterocycles. The lowest BCUT2D eigenvalue weighted by molar-refractivity contribution is -0.131. The SMILES string of the molecule is CCC1CCN(C(=O)Cn2cc(CN)nn2)C1. The van der Waals surface area contributed by atoms with Gasteiger partial charge in [-0.05, 0) is 12.3 Å². The van der Waals surface area contributed by atoms with Crippen LogP contribution in [-0.4, -0.2) is 38.9 Å². The monoisotopic (exact) mass is 237 g/mol. The van der Waals surface area contributed by atoms with Gasteiger partial charge in [-0.2, -0.15) is 0 Å². The minimum Gasteiger partial charge on any atom is -0.341 e. The lowest BCUT2D eigenvalue weighted by Gasteiger charge is -2.15. The molecule has 1 aromatic heterocycles. The summed E-state index contributed by atoms with van der Waals surface area (Å²) in [6.45, 7) is 4.55. The second-order valence-corrected chi connectivity index (χ2v) is 4.51. The van der Waals surface area contributed by atoms with E-state index in [0.717, 1.165) is 25.9 Å². The molecule has 1 aliphatic rings. The Kier molecular flexibility index (Phi) is 3.73. The topological polar surface area (TPSA) is 77.0 Å². The van der Waals surface area contributed by atoms with Crippen molar-refractivity contribution in [2.45, 2.75) is 32.9 Å². The molecule has 1 atom stereocenters. The quantitative estimate of drug-likeness (QED) is 0.799. The maximum absolute atomic E-state index is 12.0. The third-order valence-corrected chi connectivity index (χ3v) is 3.31. The summed E-state index contributed by atoms with van der Waals surface area (Å²) in [6.07, 6.45) is 3.99. The van der Waals surface area contributed by atoms with Crippen LogP contribution in [0.4, 0.5) is 0 Å². The predicted molar refractivity (Wildman–Crippen MR) is 62.9 cm³/mol. The van der Waals surface area contributed by atoms with Crippen molar-refractivity contribution in [1.82, 2.24) is 19.9 Å². The van der Waals surface area contributed by atoms with E-state index in [1.54, 1.807) is 10.9 Å². The number of amides is 1. The molecule has 0 bridgehead atoms. The van der Waals surface area contributed by atoms with Gasteiger partial charge in [0.25, 0.3) is 0 Å². The number of nitrogens with zero attached hydrogens (tertiary/aromatic N) is 4. The molecule has 0 spiro atoms. The van der Waals surface area contributed by atoms with Crippen molar-refractivity contribution in [2.24, 2.45) is 11.7 Å². The number of carbonyl (C=O) groups excluding carboxylic acids is 1. The normalized spacial score (nSPS) is 19.9. The van der Waals surface area contributed by atoms with E-state index in [-0.39, 0.29) is 12.5 Å². The maximum Gasteiger partial charge on any atom is 0.244 e. The smallest absolute Gasteiger partial charge is 0.244 e. The van der Waals surface area contributed by atoms with Gasteiger partial charge in [-0.1, -0.05) is 18.6 Å². The van der Waals surface area contributed by atoms with Gasteiger partial charge in [0.1, 0.15) is 6.54 Å². The maximum atomic E-state index is 12.0. The van der Waals surface area contributed by atoms with Crippen LogP contribution >= 0.6 is 0 Å². The third-order valence-electron chi connectivity index (χ3n) is 3.31. The van der Waals surface area contributed by atoms with Crippen LogP contribution in [0.5, 0.6) is 0 Å². The van der Waals surface area contributed by atoms with E-state index >= 15 is 0 Å². The van der Waals surface area contributed by atoms with E-state index < -0.39 is 0 Å². The average molecular weight is 237 g/mol. The van der Waals surface area contributed by atoms with E-state index in [2.05, 4.69) is 17.2 Å². The molecule has 2 rings (SSSR count). The third kappa shape index (κ3) is 2.82. The first-order valence-electron chi connectivity index (χ1n) is 6.09. The summed E-state index contributed by atoms with van der Waals surface area (Å²) in [6, 6.07) is 0. The molecule has 1 aliphatic heterocycles. The zero-order chi connectivity index (χ0) is 12.3. The van der Waals surface area contributed by atoms with Gasteiger partial charge in [-0.15, -0.1) is 5.10 Å². The molecule has 6 nitrogen and oxygen atoms in total. The highest BCUT2D eigenvalue weighted by atomic mass is 16.2. The van der Waals surface area contributed by atoms with Crippen LogP contribution in [0.3, 0.4) is 0 Å². The highest BCUT2D eigenvalue weighted by Gasteiger charge is 2.25. The van der Waals surface area contributed by atoms with Crippen molar-refractivity contribution in [3.8, 4) is 0 Å². The summed E-state index contributed by atoms with van der Waals surface area (Å²) in [4.78, 5) is 13.9. The van der Waals surface area contributed by atoms with Gasteiger partial charge in [0, 0.05) is 19.6 Å². The Balaban J connectivity index is 1.89. The molecular formula is C11H19N5O. The van der Waals surface area contributed by atoms with Crippen LogP contribution in [0.15, 0.2) is 6.20 Å². The van der Waals surface area contributed by atoms with E-state index in [1.165, 1.54) is 0 Å². The van der Waals surface area contributed by atoms with Crippen LogP contribution in [0, 0.1) is 5.92 Å². The van der Waals surface area contributed by atoms with Crippen LogP contribution in [-0.2, 0) is 17.9 Å². The van der Waals surface area contributed by atoms with E-state index in [4.69, 9.17) is 5.73 Å². The average Bonchev–Trinajstić information content (AvgIpc) is 2.96. The molecule has 0 aromatic carbocycles. The van der Waals surface area contributed by atoms with Gasteiger partial charge in [-0.25, -0.2) is 4.68 Å². The van der Waals surface area contributed by atoms with Crippen molar-refractivity contribution < 1.29 is 4.79 Å². The summed E-state index contributed by atoms with van der Waals surface area (Å²) in [5, 5.41) is 7.74. The number of hydrogen-bond acceptors (Lipinski definition) is 4. The Hall–Kier alpha value is -1.43. The minimum atomic E-state index is 0.120. The van der Waals surface area contributed by atoms with E-state index in [0.29, 0.717) is 18.2 Å². The molecule has 17 heavy (non-hydrogen) atoms.